The first-order valence-electron chi connectivity index (χ1n) is 11.7. The molecular weight excluding hydrogens is 414 g/mol. The summed E-state index contributed by atoms with van der Waals surface area (Å²) >= 11 is 0. The van der Waals surface area contributed by atoms with Gasteiger partial charge in [0.1, 0.15) is 5.82 Å². The van der Waals surface area contributed by atoms with E-state index in [2.05, 4.69) is 32.6 Å². The van der Waals surface area contributed by atoms with Crippen LogP contribution in [0.15, 0.2) is 60.7 Å². The van der Waals surface area contributed by atoms with E-state index in [9.17, 15) is 9.59 Å². The number of amides is 2. The van der Waals surface area contributed by atoms with Crippen molar-refractivity contribution in [2.24, 2.45) is 0 Å². The molecule has 0 unspecified atom stereocenters. The minimum Gasteiger partial charge on any atom is -0.347 e. The molecule has 2 atom stereocenters. The summed E-state index contributed by atoms with van der Waals surface area (Å²) in [7, 11) is 0. The van der Waals surface area contributed by atoms with E-state index in [0.29, 0.717) is 30.2 Å². The van der Waals surface area contributed by atoms with Gasteiger partial charge in [-0.05, 0) is 43.9 Å². The number of aromatic amines is 1. The Morgan fingerprint density at radius 3 is 2.33 bits per heavy atom. The van der Waals surface area contributed by atoms with Crippen LogP contribution in [-0.4, -0.2) is 44.5 Å². The quantitative estimate of drug-likeness (QED) is 0.629. The van der Waals surface area contributed by atoms with Crippen molar-refractivity contribution in [3.05, 3.63) is 83.4 Å². The Bertz CT molecular complexity index is 1120. The zero-order valence-electron chi connectivity index (χ0n) is 18.8. The number of likely N-dealkylation sites (tertiary alicyclic amines) is 1. The van der Waals surface area contributed by atoms with Crippen molar-refractivity contribution in [3.8, 4) is 0 Å². The van der Waals surface area contributed by atoms with Crippen molar-refractivity contribution in [2.45, 2.75) is 56.5 Å². The summed E-state index contributed by atoms with van der Waals surface area (Å²) in [5.41, 5.74) is 1.17. The predicted octanol–water partition coefficient (Wildman–Crippen LogP) is 3.70. The summed E-state index contributed by atoms with van der Waals surface area (Å²) in [6.45, 7) is 2.30. The van der Waals surface area contributed by atoms with E-state index < -0.39 is 5.41 Å². The minimum absolute atomic E-state index is 0.120. The van der Waals surface area contributed by atoms with Crippen molar-refractivity contribution < 1.29 is 9.59 Å². The van der Waals surface area contributed by atoms with Crippen LogP contribution in [0.4, 0.5) is 0 Å². The number of nitrogens with zero attached hydrogens (tertiary/aromatic N) is 3. The van der Waals surface area contributed by atoms with Gasteiger partial charge in [0.15, 0.2) is 5.82 Å². The van der Waals surface area contributed by atoms with Gasteiger partial charge < -0.3 is 10.2 Å². The van der Waals surface area contributed by atoms with E-state index in [1.165, 1.54) is 0 Å². The number of carbonyl (C=O) groups excluding carboxylic acids is 2. The molecule has 2 fully saturated rings. The summed E-state index contributed by atoms with van der Waals surface area (Å²) in [6.07, 6.45) is 4.34. The van der Waals surface area contributed by atoms with Gasteiger partial charge in [0.25, 0.3) is 5.91 Å². The topological polar surface area (TPSA) is 91.0 Å². The SMILES string of the molecule is Cc1nc([C@@H]2C[C@H](NC(=O)c3ccccc3)CN2C(=O)C2(c3ccccc3)CCCC2)n[nH]1. The van der Waals surface area contributed by atoms with Gasteiger partial charge in [-0.3, -0.25) is 14.7 Å². The first-order chi connectivity index (χ1) is 16.1. The van der Waals surface area contributed by atoms with Crippen molar-refractivity contribution in [1.29, 1.82) is 0 Å². The number of hydrogen-bond donors (Lipinski definition) is 2. The molecule has 33 heavy (non-hydrogen) atoms. The maximum absolute atomic E-state index is 14.2. The molecule has 0 spiro atoms. The van der Waals surface area contributed by atoms with E-state index in [4.69, 9.17) is 0 Å². The molecule has 2 aromatic carbocycles. The molecule has 3 aromatic rings. The molecule has 1 aliphatic carbocycles. The Kier molecular flexibility index (Phi) is 5.70. The zero-order chi connectivity index (χ0) is 22.8. The molecule has 2 heterocycles. The second-order valence-electron chi connectivity index (χ2n) is 9.18. The first-order valence-corrected chi connectivity index (χ1v) is 11.7. The van der Waals surface area contributed by atoms with Gasteiger partial charge in [-0.2, -0.15) is 5.10 Å². The summed E-state index contributed by atoms with van der Waals surface area (Å²) in [6, 6.07) is 18.9. The molecule has 1 saturated heterocycles. The molecule has 170 valence electrons. The number of aromatic nitrogens is 3. The molecule has 1 aromatic heterocycles. The van der Waals surface area contributed by atoms with Crippen LogP contribution in [0.1, 0.15) is 65.7 Å². The maximum atomic E-state index is 14.2. The van der Waals surface area contributed by atoms with E-state index >= 15 is 0 Å². The molecule has 7 nitrogen and oxygen atoms in total. The highest BCUT2D eigenvalue weighted by Crippen LogP contribution is 2.45. The lowest BCUT2D eigenvalue weighted by Crippen LogP contribution is -2.47. The van der Waals surface area contributed by atoms with Crippen molar-refractivity contribution in [2.75, 3.05) is 6.54 Å². The van der Waals surface area contributed by atoms with E-state index in [1.807, 2.05) is 48.2 Å². The lowest BCUT2D eigenvalue weighted by atomic mass is 9.77. The van der Waals surface area contributed by atoms with Crippen LogP contribution in [0.5, 0.6) is 0 Å². The van der Waals surface area contributed by atoms with Gasteiger partial charge in [0.2, 0.25) is 5.91 Å². The highest BCUT2D eigenvalue weighted by molar-refractivity contribution is 5.94. The monoisotopic (exact) mass is 443 g/mol. The number of H-pyrrole nitrogens is 1. The van der Waals surface area contributed by atoms with Gasteiger partial charge in [0, 0.05) is 18.2 Å². The van der Waals surface area contributed by atoms with Crippen molar-refractivity contribution in [1.82, 2.24) is 25.4 Å². The third-order valence-corrected chi connectivity index (χ3v) is 7.04. The van der Waals surface area contributed by atoms with Crippen LogP contribution >= 0.6 is 0 Å². The maximum Gasteiger partial charge on any atom is 0.251 e. The second-order valence-corrected chi connectivity index (χ2v) is 9.18. The number of aryl methyl sites for hydroxylation is 1. The van der Waals surface area contributed by atoms with E-state index in [1.54, 1.807) is 12.1 Å². The molecule has 1 aliphatic heterocycles. The molecule has 2 N–H and O–H groups in total. The van der Waals surface area contributed by atoms with Crippen LogP contribution in [-0.2, 0) is 10.2 Å². The molecule has 5 rings (SSSR count). The van der Waals surface area contributed by atoms with Crippen LogP contribution in [0.3, 0.4) is 0 Å². The van der Waals surface area contributed by atoms with Crippen molar-refractivity contribution in [3.63, 3.8) is 0 Å². The number of hydrogen-bond acceptors (Lipinski definition) is 4. The Balaban J connectivity index is 1.44. The summed E-state index contributed by atoms with van der Waals surface area (Å²) in [5, 5.41) is 10.4. The van der Waals surface area contributed by atoms with Gasteiger partial charge in [0.05, 0.1) is 11.5 Å². The highest BCUT2D eigenvalue weighted by atomic mass is 16.2. The molecule has 2 aliphatic rings. The number of benzene rings is 2. The third-order valence-electron chi connectivity index (χ3n) is 7.04. The minimum atomic E-state index is -0.525. The Labute approximate surface area is 193 Å². The van der Waals surface area contributed by atoms with Gasteiger partial charge in [-0.1, -0.05) is 61.4 Å². The standard InChI is InChI=1S/C26H29N5O2/c1-18-27-23(30-29-18)22-16-21(28-24(32)19-10-4-2-5-11-19)17-31(22)25(33)26(14-8-9-15-26)20-12-6-3-7-13-20/h2-7,10-13,21-22H,8-9,14-17H2,1H3,(H,28,32)(H,27,29,30)/t21-,22-/m0/s1. The fraction of sp³-hybridized carbons (Fsp3) is 0.385. The average Bonchev–Trinajstić information content (AvgIpc) is 3.60. The second kappa shape index (κ2) is 8.81. The normalized spacial score (nSPS) is 21.8. The average molecular weight is 444 g/mol. The van der Waals surface area contributed by atoms with E-state index in [0.717, 1.165) is 31.2 Å². The highest BCUT2D eigenvalue weighted by Gasteiger charge is 2.49. The number of nitrogens with one attached hydrogen (secondary N) is 2. The fourth-order valence-electron chi connectivity index (χ4n) is 5.41. The van der Waals surface area contributed by atoms with Crippen LogP contribution in [0.25, 0.3) is 0 Å². The van der Waals surface area contributed by atoms with Crippen LogP contribution < -0.4 is 5.32 Å². The molecule has 7 heteroatoms. The summed E-state index contributed by atoms with van der Waals surface area (Å²) < 4.78 is 0. The van der Waals surface area contributed by atoms with Gasteiger partial charge >= 0.3 is 0 Å². The predicted molar refractivity (Wildman–Crippen MR) is 124 cm³/mol. The molecule has 1 saturated carbocycles. The van der Waals surface area contributed by atoms with E-state index in [-0.39, 0.29) is 23.9 Å². The lowest BCUT2D eigenvalue weighted by molar-refractivity contribution is -0.138. The number of carbonyl (C=O) groups is 2. The third kappa shape index (κ3) is 4.03. The molecule has 2 amide bonds. The Hall–Kier alpha value is -3.48. The van der Waals surface area contributed by atoms with Crippen LogP contribution in [0, 0.1) is 6.92 Å². The lowest BCUT2D eigenvalue weighted by Gasteiger charge is -2.35. The zero-order valence-corrected chi connectivity index (χ0v) is 18.8. The number of rotatable bonds is 5. The molecule has 0 bridgehead atoms. The largest absolute Gasteiger partial charge is 0.347 e. The van der Waals surface area contributed by atoms with Gasteiger partial charge in [-0.25, -0.2) is 4.98 Å². The smallest absolute Gasteiger partial charge is 0.251 e. The van der Waals surface area contributed by atoms with Crippen LogP contribution in [0.2, 0.25) is 0 Å². The summed E-state index contributed by atoms with van der Waals surface area (Å²) in [4.78, 5) is 33.5. The summed E-state index contributed by atoms with van der Waals surface area (Å²) in [5.74, 6) is 1.32. The Morgan fingerprint density at radius 2 is 1.70 bits per heavy atom. The molecule has 0 radical (unpaired) electrons. The van der Waals surface area contributed by atoms with Crippen molar-refractivity contribution >= 4 is 11.8 Å². The van der Waals surface area contributed by atoms with Gasteiger partial charge in [-0.15, -0.1) is 0 Å². The molecular formula is C26H29N5O2. The fourth-order valence-corrected chi connectivity index (χ4v) is 5.41. The Morgan fingerprint density at radius 1 is 1.03 bits per heavy atom. The first kappa shape index (κ1) is 21.4.